The second-order valence-corrected chi connectivity index (χ2v) is 6.24. The highest BCUT2D eigenvalue weighted by molar-refractivity contribution is 7.71. The first-order valence-electron chi connectivity index (χ1n) is 7.06. The van der Waals surface area contributed by atoms with Gasteiger partial charge in [0.15, 0.2) is 4.77 Å². The third-order valence-electron chi connectivity index (χ3n) is 4.39. The first kappa shape index (κ1) is 11.7. The van der Waals surface area contributed by atoms with Gasteiger partial charge < -0.3 is 14.3 Å². The van der Waals surface area contributed by atoms with Crippen LogP contribution in [0.4, 0.5) is 0 Å². The molecule has 2 atom stereocenters. The molecule has 0 spiro atoms. The average molecular weight is 274 g/mol. The largest absolute Gasteiger partial charge is 0.376 e. The van der Waals surface area contributed by atoms with Gasteiger partial charge in [0.05, 0.1) is 23.2 Å². The molecule has 3 nitrogen and oxygen atoms in total. The molecule has 4 rings (SSSR count). The number of nitrogens with one attached hydrogen (secondary N) is 1. The van der Waals surface area contributed by atoms with Crippen molar-refractivity contribution in [3.05, 3.63) is 28.5 Å². The van der Waals surface area contributed by atoms with Crippen LogP contribution in [0.5, 0.6) is 0 Å². The van der Waals surface area contributed by atoms with Gasteiger partial charge in [0.1, 0.15) is 0 Å². The van der Waals surface area contributed by atoms with E-state index in [4.69, 9.17) is 17.0 Å². The molecule has 1 aliphatic heterocycles. The number of H-pyrrole nitrogens is 1. The van der Waals surface area contributed by atoms with Crippen molar-refractivity contribution in [3.8, 4) is 0 Å². The lowest BCUT2D eigenvalue weighted by Crippen LogP contribution is -2.22. The summed E-state index contributed by atoms with van der Waals surface area (Å²) in [6.07, 6.45) is 4.08. The highest BCUT2D eigenvalue weighted by atomic mass is 32.1. The first-order valence-corrected chi connectivity index (χ1v) is 7.47. The summed E-state index contributed by atoms with van der Waals surface area (Å²) in [5.41, 5.74) is 3.64. The van der Waals surface area contributed by atoms with Crippen molar-refractivity contribution in [2.45, 2.75) is 38.3 Å². The number of hydrogen-bond acceptors (Lipinski definition) is 2. The molecule has 1 N–H and O–H groups in total. The van der Waals surface area contributed by atoms with E-state index >= 15 is 0 Å². The second kappa shape index (κ2) is 4.18. The Morgan fingerprint density at radius 2 is 2.16 bits per heavy atom. The zero-order valence-corrected chi connectivity index (χ0v) is 11.9. The molecule has 4 heteroatoms. The molecular weight excluding hydrogens is 256 g/mol. The highest BCUT2D eigenvalue weighted by Crippen LogP contribution is 2.44. The van der Waals surface area contributed by atoms with Gasteiger partial charge in [-0.1, -0.05) is 6.07 Å². The van der Waals surface area contributed by atoms with Gasteiger partial charge >= 0.3 is 0 Å². The van der Waals surface area contributed by atoms with Gasteiger partial charge in [-0.2, -0.15) is 0 Å². The van der Waals surface area contributed by atoms with Gasteiger partial charge in [0.25, 0.3) is 0 Å². The standard InChI is InChI=1S/C15H18N2OS/c1-9-2-5-11-13(8-9)17(15(19)16-11)12-6-7-18-14(12)10-3-4-10/h2,5,8,10,12,14H,3-4,6-7H2,1H3,(H,16,19). The van der Waals surface area contributed by atoms with Gasteiger partial charge in [-0.05, 0) is 62.0 Å². The monoisotopic (exact) mass is 274 g/mol. The minimum atomic E-state index is 0.367. The Morgan fingerprint density at radius 3 is 2.95 bits per heavy atom. The number of ether oxygens (including phenoxy) is 1. The molecule has 0 radical (unpaired) electrons. The minimum Gasteiger partial charge on any atom is -0.376 e. The van der Waals surface area contributed by atoms with Crippen molar-refractivity contribution in [1.29, 1.82) is 0 Å². The van der Waals surface area contributed by atoms with Crippen molar-refractivity contribution >= 4 is 23.3 Å². The molecule has 1 saturated heterocycles. The molecule has 2 unspecified atom stereocenters. The Hall–Kier alpha value is -1.13. The normalized spacial score (nSPS) is 27.2. The summed E-state index contributed by atoms with van der Waals surface area (Å²) in [5.74, 6) is 0.754. The molecule has 1 aromatic heterocycles. The van der Waals surface area contributed by atoms with Gasteiger partial charge in [0, 0.05) is 6.61 Å². The number of aromatic amines is 1. The van der Waals surface area contributed by atoms with E-state index in [-0.39, 0.29) is 0 Å². The Bertz CT molecular complexity index is 683. The SMILES string of the molecule is Cc1ccc2[nH]c(=S)n(C3CCOC3C3CC3)c2c1. The van der Waals surface area contributed by atoms with Crippen LogP contribution < -0.4 is 0 Å². The Labute approximate surface area is 117 Å². The molecule has 0 bridgehead atoms. The predicted molar refractivity (Wildman–Crippen MR) is 78.0 cm³/mol. The summed E-state index contributed by atoms with van der Waals surface area (Å²) in [6.45, 7) is 3.00. The molecule has 1 saturated carbocycles. The maximum absolute atomic E-state index is 5.97. The zero-order chi connectivity index (χ0) is 13.0. The number of benzene rings is 1. The first-order chi connectivity index (χ1) is 9.24. The molecule has 0 amide bonds. The molecule has 1 aromatic carbocycles. The van der Waals surface area contributed by atoms with E-state index in [9.17, 15) is 0 Å². The fourth-order valence-electron chi connectivity index (χ4n) is 3.31. The topological polar surface area (TPSA) is 29.9 Å². The number of hydrogen-bond donors (Lipinski definition) is 1. The van der Waals surface area contributed by atoms with E-state index < -0.39 is 0 Å². The number of aromatic nitrogens is 2. The van der Waals surface area contributed by atoms with Crippen LogP contribution in [0.3, 0.4) is 0 Å². The van der Waals surface area contributed by atoms with Gasteiger partial charge in [-0.15, -0.1) is 0 Å². The van der Waals surface area contributed by atoms with Crippen LogP contribution >= 0.6 is 12.2 Å². The molecule has 100 valence electrons. The summed E-state index contributed by atoms with van der Waals surface area (Å²) < 4.78 is 9.10. The predicted octanol–water partition coefficient (Wildman–Crippen LogP) is 3.75. The molecular formula is C15H18N2OS. The fourth-order valence-corrected chi connectivity index (χ4v) is 3.66. The third-order valence-corrected chi connectivity index (χ3v) is 4.69. The molecule has 2 fully saturated rings. The maximum atomic E-state index is 5.97. The number of nitrogens with zero attached hydrogens (tertiary/aromatic N) is 1. The Morgan fingerprint density at radius 1 is 1.32 bits per heavy atom. The quantitative estimate of drug-likeness (QED) is 0.845. The third kappa shape index (κ3) is 1.85. The lowest BCUT2D eigenvalue weighted by molar-refractivity contribution is 0.0756. The molecule has 19 heavy (non-hydrogen) atoms. The summed E-state index contributed by atoms with van der Waals surface area (Å²) in [6, 6.07) is 6.89. The van der Waals surface area contributed by atoms with Crippen LogP contribution in [0, 0.1) is 17.6 Å². The number of fused-ring (bicyclic) bond motifs is 1. The van der Waals surface area contributed by atoms with Crippen LogP contribution in [-0.2, 0) is 4.74 Å². The van der Waals surface area contributed by atoms with Crippen molar-refractivity contribution < 1.29 is 4.74 Å². The maximum Gasteiger partial charge on any atom is 0.178 e. The van der Waals surface area contributed by atoms with Gasteiger partial charge in [0.2, 0.25) is 0 Å². The minimum absolute atomic E-state index is 0.367. The molecule has 2 aromatic rings. The van der Waals surface area contributed by atoms with Gasteiger partial charge in [-0.25, -0.2) is 0 Å². The lowest BCUT2D eigenvalue weighted by Gasteiger charge is -2.20. The summed E-state index contributed by atoms with van der Waals surface area (Å²) in [4.78, 5) is 3.33. The van der Waals surface area contributed by atoms with E-state index in [2.05, 4.69) is 34.7 Å². The van der Waals surface area contributed by atoms with E-state index in [1.165, 1.54) is 23.9 Å². The fraction of sp³-hybridized carbons (Fsp3) is 0.533. The Balaban J connectivity index is 1.87. The molecule has 2 heterocycles. The summed E-state index contributed by atoms with van der Waals surface area (Å²) >= 11 is 5.54. The highest BCUT2D eigenvalue weighted by Gasteiger charge is 2.42. The lowest BCUT2D eigenvalue weighted by atomic mass is 10.1. The van der Waals surface area contributed by atoms with Crippen molar-refractivity contribution in [2.24, 2.45) is 5.92 Å². The van der Waals surface area contributed by atoms with Crippen molar-refractivity contribution in [2.75, 3.05) is 6.61 Å². The van der Waals surface area contributed by atoms with Crippen LogP contribution in [0.25, 0.3) is 11.0 Å². The zero-order valence-electron chi connectivity index (χ0n) is 11.1. The van der Waals surface area contributed by atoms with E-state index in [1.54, 1.807) is 0 Å². The van der Waals surface area contributed by atoms with Crippen LogP contribution in [0.2, 0.25) is 0 Å². The smallest absolute Gasteiger partial charge is 0.178 e. The van der Waals surface area contributed by atoms with Crippen molar-refractivity contribution in [1.82, 2.24) is 9.55 Å². The van der Waals surface area contributed by atoms with Crippen LogP contribution in [-0.4, -0.2) is 22.3 Å². The Kier molecular flexibility index (Phi) is 2.57. The summed E-state index contributed by atoms with van der Waals surface area (Å²) in [5, 5.41) is 0. The number of imidazole rings is 1. The molecule has 1 aliphatic carbocycles. The average Bonchev–Trinajstić information content (AvgIpc) is 3.03. The number of rotatable bonds is 2. The van der Waals surface area contributed by atoms with E-state index in [0.29, 0.717) is 12.1 Å². The number of aryl methyl sites for hydroxylation is 1. The summed E-state index contributed by atoms with van der Waals surface area (Å²) in [7, 11) is 0. The second-order valence-electron chi connectivity index (χ2n) is 5.85. The van der Waals surface area contributed by atoms with E-state index in [0.717, 1.165) is 29.2 Å². The van der Waals surface area contributed by atoms with Crippen LogP contribution in [0.15, 0.2) is 18.2 Å². The van der Waals surface area contributed by atoms with Crippen LogP contribution in [0.1, 0.15) is 30.9 Å². The van der Waals surface area contributed by atoms with Gasteiger partial charge in [-0.3, -0.25) is 0 Å². The molecule has 2 aliphatic rings. The van der Waals surface area contributed by atoms with Crippen molar-refractivity contribution in [3.63, 3.8) is 0 Å². The van der Waals surface area contributed by atoms with E-state index in [1.807, 2.05) is 0 Å².